The van der Waals surface area contributed by atoms with Crippen molar-refractivity contribution in [3.05, 3.63) is 35.4 Å². The molecule has 0 saturated carbocycles. The summed E-state index contributed by atoms with van der Waals surface area (Å²) in [7, 11) is 1.74. The molecule has 1 aliphatic heterocycles. The number of carboxylic acids is 1. The van der Waals surface area contributed by atoms with Gasteiger partial charge >= 0.3 is 5.97 Å². The fourth-order valence-corrected chi connectivity index (χ4v) is 3.19. The predicted molar refractivity (Wildman–Crippen MR) is 100 cm³/mol. The van der Waals surface area contributed by atoms with Gasteiger partial charge in [0.05, 0.1) is 6.61 Å². The van der Waals surface area contributed by atoms with E-state index in [1.54, 1.807) is 36.2 Å². The molecule has 2 amide bonds. The molecular weight excluding hydrogens is 348 g/mol. The van der Waals surface area contributed by atoms with E-state index in [9.17, 15) is 19.5 Å². The quantitative estimate of drug-likeness (QED) is 0.758. The number of nitrogens with one attached hydrogen (secondary N) is 1. The molecule has 2 N–H and O–H groups in total. The molecule has 1 fully saturated rings. The van der Waals surface area contributed by atoms with Crippen LogP contribution in [0, 0.1) is 11.8 Å². The minimum absolute atomic E-state index is 0.0517. The van der Waals surface area contributed by atoms with Crippen molar-refractivity contribution >= 4 is 17.8 Å². The number of carbonyl (C=O) groups is 3. The molecule has 0 aromatic heterocycles. The Labute approximate surface area is 159 Å². The fourth-order valence-electron chi connectivity index (χ4n) is 3.19. The van der Waals surface area contributed by atoms with E-state index in [1.807, 2.05) is 13.8 Å². The van der Waals surface area contributed by atoms with E-state index in [1.165, 1.54) is 0 Å². The van der Waals surface area contributed by atoms with E-state index < -0.39 is 17.9 Å². The van der Waals surface area contributed by atoms with E-state index in [-0.39, 0.29) is 17.7 Å². The molecule has 1 aromatic rings. The molecule has 0 radical (unpaired) electrons. The highest BCUT2D eigenvalue weighted by Gasteiger charge is 2.31. The number of carboxylic acid groups (broad SMARTS) is 1. The number of amides is 2. The third-order valence-electron chi connectivity index (χ3n) is 4.73. The van der Waals surface area contributed by atoms with Crippen LogP contribution in [0.1, 0.15) is 42.6 Å². The van der Waals surface area contributed by atoms with E-state index in [0.29, 0.717) is 31.7 Å². The monoisotopic (exact) mass is 376 g/mol. The summed E-state index contributed by atoms with van der Waals surface area (Å²) in [5, 5.41) is 12.1. The molecule has 27 heavy (non-hydrogen) atoms. The smallest absolute Gasteiger partial charge is 0.326 e. The molecule has 1 aromatic carbocycles. The minimum Gasteiger partial charge on any atom is -0.480 e. The van der Waals surface area contributed by atoms with Crippen molar-refractivity contribution in [2.24, 2.45) is 11.8 Å². The molecule has 7 nitrogen and oxygen atoms in total. The van der Waals surface area contributed by atoms with Crippen LogP contribution in [0.4, 0.5) is 0 Å². The molecule has 0 spiro atoms. The van der Waals surface area contributed by atoms with Crippen molar-refractivity contribution in [1.29, 1.82) is 0 Å². The van der Waals surface area contributed by atoms with Gasteiger partial charge in [-0.2, -0.15) is 0 Å². The van der Waals surface area contributed by atoms with Crippen molar-refractivity contribution < 1.29 is 24.2 Å². The molecule has 1 aliphatic rings. The molecule has 7 heteroatoms. The average Bonchev–Trinajstić information content (AvgIpc) is 2.66. The Morgan fingerprint density at radius 3 is 2.44 bits per heavy atom. The number of ether oxygens (including phenoxy) is 1. The Kier molecular flexibility index (Phi) is 7.36. The molecule has 1 heterocycles. The second-order valence-corrected chi connectivity index (χ2v) is 7.31. The second-order valence-electron chi connectivity index (χ2n) is 7.31. The maximum absolute atomic E-state index is 12.5. The van der Waals surface area contributed by atoms with Crippen LogP contribution >= 0.6 is 0 Å². The Morgan fingerprint density at radius 1 is 1.26 bits per heavy atom. The van der Waals surface area contributed by atoms with Crippen molar-refractivity contribution in [3.8, 4) is 0 Å². The third-order valence-corrected chi connectivity index (χ3v) is 4.73. The zero-order valence-electron chi connectivity index (χ0n) is 16.1. The van der Waals surface area contributed by atoms with Crippen LogP contribution < -0.4 is 5.32 Å². The lowest BCUT2D eigenvalue weighted by Crippen LogP contribution is -2.48. The van der Waals surface area contributed by atoms with Crippen molar-refractivity contribution in [3.63, 3.8) is 0 Å². The highest BCUT2D eigenvalue weighted by molar-refractivity contribution is 5.96. The third kappa shape index (κ3) is 5.79. The summed E-state index contributed by atoms with van der Waals surface area (Å²) in [5.41, 5.74) is 1.29. The number of hydrogen-bond donors (Lipinski definition) is 2. The Morgan fingerprint density at radius 2 is 1.93 bits per heavy atom. The molecule has 2 unspecified atom stereocenters. The number of benzene rings is 1. The van der Waals surface area contributed by atoms with Gasteiger partial charge in [-0.25, -0.2) is 4.79 Å². The van der Waals surface area contributed by atoms with Crippen LogP contribution in [0.3, 0.4) is 0 Å². The van der Waals surface area contributed by atoms with E-state index in [4.69, 9.17) is 4.74 Å². The van der Waals surface area contributed by atoms with Gasteiger partial charge < -0.3 is 20.1 Å². The molecular formula is C20H28N2O5. The summed E-state index contributed by atoms with van der Waals surface area (Å²) in [6, 6.07) is 5.88. The van der Waals surface area contributed by atoms with Gasteiger partial charge in [0.15, 0.2) is 0 Å². The number of nitrogens with zero attached hydrogens (tertiary/aromatic N) is 1. The Hall–Kier alpha value is -2.41. The largest absolute Gasteiger partial charge is 0.480 e. The second kappa shape index (κ2) is 9.50. The van der Waals surface area contributed by atoms with Crippen LogP contribution in [0.5, 0.6) is 0 Å². The first kappa shape index (κ1) is 20.9. The molecule has 0 bridgehead atoms. The lowest BCUT2D eigenvalue weighted by Gasteiger charge is -2.28. The summed E-state index contributed by atoms with van der Waals surface area (Å²) in [6.07, 6.45) is 1.51. The van der Waals surface area contributed by atoms with Crippen LogP contribution in [0.15, 0.2) is 24.3 Å². The van der Waals surface area contributed by atoms with Crippen LogP contribution in [0.25, 0.3) is 0 Å². The summed E-state index contributed by atoms with van der Waals surface area (Å²) in [6.45, 7) is 5.12. The van der Waals surface area contributed by atoms with E-state index >= 15 is 0 Å². The first-order chi connectivity index (χ1) is 12.8. The first-order valence-corrected chi connectivity index (χ1v) is 9.25. The Balaban J connectivity index is 1.99. The van der Waals surface area contributed by atoms with Crippen molar-refractivity contribution in [2.45, 2.75) is 39.3 Å². The summed E-state index contributed by atoms with van der Waals surface area (Å²) in [5.74, 6) is -1.72. The Bertz CT molecular complexity index is 665. The highest BCUT2D eigenvalue weighted by Crippen LogP contribution is 2.18. The zero-order chi connectivity index (χ0) is 20.0. The number of carbonyl (C=O) groups excluding carboxylic acids is 2. The number of rotatable bonds is 7. The van der Waals surface area contributed by atoms with Gasteiger partial charge in [-0.15, -0.1) is 0 Å². The zero-order valence-corrected chi connectivity index (χ0v) is 16.1. The molecule has 1 saturated heterocycles. The van der Waals surface area contributed by atoms with Gasteiger partial charge in [-0.1, -0.05) is 26.0 Å². The van der Waals surface area contributed by atoms with Gasteiger partial charge in [-0.05, 0) is 30.5 Å². The number of aliphatic carboxylic acids is 1. The van der Waals surface area contributed by atoms with Gasteiger partial charge in [0.2, 0.25) is 5.91 Å². The van der Waals surface area contributed by atoms with E-state index in [0.717, 1.165) is 12.0 Å². The topological polar surface area (TPSA) is 95.9 Å². The molecule has 2 rings (SSSR count). The average molecular weight is 376 g/mol. The van der Waals surface area contributed by atoms with Gasteiger partial charge in [-0.3, -0.25) is 9.59 Å². The van der Waals surface area contributed by atoms with E-state index in [2.05, 4.69) is 5.32 Å². The highest BCUT2D eigenvalue weighted by atomic mass is 16.5. The summed E-state index contributed by atoms with van der Waals surface area (Å²) in [4.78, 5) is 37.6. The maximum atomic E-state index is 12.5. The minimum atomic E-state index is -1.05. The normalized spacial score (nSPS) is 18.0. The van der Waals surface area contributed by atoms with Gasteiger partial charge in [0.1, 0.15) is 6.04 Å². The van der Waals surface area contributed by atoms with Gasteiger partial charge in [0, 0.05) is 37.6 Å². The standard InChI is InChI=1S/C20H28N2O5/c1-13(2)19(24)22(3)11-14-6-8-15(9-7-14)18(23)21-17(20(25)26)16-5-4-10-27-12-16/h6-9,13,16-17H,4-5,10-12H2,1-3H3,(H,21,23)(H,25,26). The lowest BCUT2D eigenvalue weighted by atomic mass is 9.93. The molecule has 2 atom stereocenters. The van der Waals surface area contributed by atoms with Crippen LogP contribution in [0.2, 0.25) is 0 Å². The summed E-state index contributed by atoms with van der Waals surface area (Å²) < 4.78 is 5.34. The van der Waals surface area contributed by atoms with Gasteiger partial charge in [0.25, 0.3) is 5.91 Å². The molecule has 148 valence electrons. The summed E-state index contributed by atoms with van der Waals surface area (Å²) >= 11 is 0. The van der Waals surface area contributed by atoms with Crippen molar-refractivity contribution in [2.75, 3.05) is 20.3 Å². The van der Waals surface area contributed by atoms with Crippen molar-refractivity contribution in [1.82, 2.24) is 10.2 Å². The van der Waals surface area contributed by atoms with Crippen LogP contribution in [-0.2, 0) is 20.9 Å². The first-order valence-electron chi connectivity index (χ1n) is 9.25. The fraction of sp³-hybridized carbons (Fsp3) is 0.550. The molecule has 0 aliphatic carbocycles. The van der Waals surface area contributed by atoms with Crippen LogP contribution in [-0.4, -0.2) is 54.1 Å². The number of hydrogen-bond acceptors (Lipinski definition) is 4. The lowest BCUT2D eigenvalue weighted by molar-refractivity contribution is -0.142. The maximum Gasteiger partial charge on any atom is 0.326 e. The predicted octanol–water partition coefficient (Wildman–Crippen LogP) is 1.91. The SMILES string of the molecule is CC(C)C(=O)N(C)Cc1ccc(C(=O)NC(C(=O)O)C2CCCOC2)cc1.